The minimum atomic E-state index is -1.23. The second-order valence-electron chi connectivity index (χ2n) is 4.14. The van der Waals surface area contributed by atoms with E-state index in [2.05, 4.69) is 5.32 Å². The number of carboxylic acids is 1. The number of carboxylic acid groups (broad SMARTS) is 1. The average molecular weight is 293 g/mol. The topological polar surface area (TPSA) is 104 Å². The highest BCUT2D eigenvalue weighted by atomic mass is 32.1. The second kappa shape index (κ2) is 5.30. The van der Waals surface area contributed by atoms with Crippen LogP contribution in [0, 0.1) is 0 Å². The number of rotatable bonds is 3. The van der Waals surface area contributed by atoms with Gasteiger partial charge in [0.2, 0.25) is 4.74 Å². The van der Waals surface area contributed by atoms with Gasteiger partial charge in [0, 0.05) is 10.1 Å². The molecule has 3 N–H and O–H groups in total. The Kier molecular flexibility index (Phi) is 3.71. The predicted molar refractivity (Wildman–Crippen MR) is 74.3 cm³/mol. The molecule has 2 rings (SSSR count). The summed E-state index contributed by atoms with van der Waals surface area (Å²) < 4.78 is -0.0610. The number of benzene rings is 1. The summed E-state index contributed by atoms with van der Waals surface area (Å²) >= 11 is 0.822. The number of fused-ring (bicyclic) bond motifs is 1. The normalized spacial score (nSPS) is 12.1. The number of hydrogen-bond acceptors (Lipinski definition) is 5. The van der Waals surface area contributed by atoms with Gasteiger partial charge in [0.05, 0.1) is 0 Å². The van der Waals surface area contributed by atoms with Crippen LogP contribution in [0.15, 0.2) is 29.1 Å². The summed E-state index contributed by atoms with van der Waals surface area (Å²) in [7, 11) is 0. The van der Waals surface area contributed by atoms with Gasteiger partial charge in [-0.25, -0.2) is 0 Å². The smallest absolute Gasteiger partial charge is 0.325 e. The Bertz CT molecular complexity index is 752. The molecule has 0 radical (unpaired) electrons. The Balaban J connectivity index is 2.52. The van der Waals surface area contributed by atoms with E-state index in [0.717, 1.165) is 11.3 Å². The van der Waals surface area contributed by atoms with Gasteiger partial charge in [-0.05, 0) is 19.1 Å². The van der Waals surface area contributed by atoms with Gasteiger partial charge in [0.15, 0.2) is 0 Å². The highest BCUT2D eigenvalue weighted by Gasteiger charge is 2.22. The molecule has 1 heterocycles. The van der Waals surface area contributed by atoms with Gasteiger partial charge in [-0.15, -0.1) is 0 Å². The summed E-state index contributed by atoms with van der Waals surface area (Å²) in [6.07, 6.45) is 0. The van der Waals surface area contributed by atoms with Crippen molar-refractivity contribution in [3.8, 4) is 5.75 Å². The van der Waals surface area contributed by atoms with E-state index in [1.807, 2.05) is 0 Å². The number of hydrogen-bond donors (Lipinski definition) is 3. The van der Waals surface area contributed by atoms with E-state index in [1.54, 1.807) is 24.3 Å². The van der Waals surface area contributed by atoms with E-state index in [1.165, 1.54) is 6.92 Å². The fourth-order valence-corrected chi connectivity index (χ4v) is 2.58. The van der Waals surface area contributed by atoms with Crippen LogP contribution in [0.1, 0.15) is 17.3 Å². The standard InChI is InChI=1S/C13H11NO5S/c1-6(12(17)18)14-11(16)9-10(15)7-4-2-3-5-8(7)20-13(9)19/h2-6,15H,1H3,(H,14,16)(H,17,18). The lowest BCUT2D eigenvalue weighted by Gasteiger charge is -2.10. The second-order valence-corrected chi connectivity index (χ2v) is 5.16. The summed E-state index contributed by atoms with van der Waals surface area (Å²) in [5.74, 6) is -2.56. The molecule has 1 atom stereocenters. The number of aliphatic carboxylic acids is 1. The third kappa shape index (κ3) is 2.48. The van der Waals surface area contributed by atoms with Gasteiger partial charge in [0.1, 0.15) is 17.4 Å². The maximum atomic E-state index is 11.9. The minimum Gasteiger partial charge on any atom is -0.506 e. The van der Waals surface area contributed by atoms with Crippen LogP contribution in [0.2, 0.25) is 0 Å². The van der Waals surface area contributed by atoms with Crippen molar-refractivity contribution in [3.63, 3.8) is 0 Å². The van der Waals surface area contributed by atoms with Gasteiger partial charge in [-0.1, -0.05) is 23.5 Å². The molecule has 1 aromatic carbocycles. The van der Waals surface area contributed by atoms with Gasteiger partial charge in [0.25, 0.3) is 5.91 Å². The minimum absolute atomic E-state index is 0.380. The Hall–Kier alpha value is -2.41. The average Bonchev–Trinajstić information content (AvgIpc) is 2.38. The quantitative estimate of drug-likeness (QED) is 0.788. The van der Waals surface area contributed by atoms with Crippen LogP contribution in [0.5, 0.6) is 5.75 Å². The summed E-state index contributed by atoms with van der Waals surface area (Å²) in [5, 5.41) is 21.3. The number of carbonyl (C=O) groups is 2. The van der Waals surface area contributed by atoms with Crippen molar-refractivity contribution in [1.82, 2.24) is 5.32 Å². The lowest BCUT2D eigenvalue weighted by molar-refractivity contribution is -0.138. The van der Waals surface area contributed by atoms with Gasteiger partial charge in [-0.2, -0.15) is 0 Å². The fraction of sp³-hybridized carbons (Fsp3) is 0.154. The van der Waals surface area contributed by atoms with Crippen LogP contribution in [-0.2, 0) is 4.79 Å². The van der Waals surface area contributed by atoms with Crippen molar-refractivity contribution in [1.29, 1.82) is 0 Å². The first-order valence-corrected chi connectivity index (χ1v) is 6.52. The van der Waals surface area contributed by atoms with Crippen molar-refractivity contribution in [2.45, 2.75) is 13.0 Å². The molecule has 0 saturated heterocycles. The Morgan fingerprint density at radius 3 is 2.60 bits per heavy atom. The summed E-state index contributed by atoms with van der Waals surface area (Å²) in [4.78, 5) is 34.5. The van der Waals surface area contributed by atoms with Gasteiger partial charge in [-0.3, -0.25) is 14.4 Å². The molecular weight excluding hydrogens is 282 g/mol. The number of nitrogens with one attached hydrogen (secondary N) is 1. The summed E-state index contributed by atoms with van der Waals surface area (Å²) in [5.41, 5.74) is -0.429. The number of amides is 1. The number of aromatic hydroxyl groups is 1. The van der Waals surface area contributed by atoms with Crippen LogP contribution < -0.4 is 10.1 Å². The van der Waals surface area contributed by atoms with E-state index in [9.17, 15) is 19.5 Å². The van der Waals surface area contributed by atoms with Crippen LogP contribution in [0.4, 0.5) is 0 Å². The molecule has 1 amide bonds. The van der Waals surface area contributed by atoms with E-state index in [-0.39, 0.29) is 0 Å². The molecule has 0 spiro atoms. The first kappa shape index (κ1) is 14.0. The zero-order chi connectivity index (χ0) is 14.9. The predicted octanol–water partition coefficient (Wildman–Crippen LogP) is 1.17. The maximum absolute atomic E-state index is 11.9. The van der Waals surface area contributed by atoms with Gasteiger partial charge >= 0.3 is 5.97 Å². The monoisotopic (exact) mass is 293 g/mol. The SMILES string of the molecule is CC(NC(=O)c1c(O)c2ccccc2sc1=O)C(=O)O. The molecule has 7 heteroatoms. The Morgan fingerprint density at radius 1 is 1.30 bits per heavy atom. The zero-order valence-electron chi connectivity index (χ0n) is 10.4. The van der Waals surface area contributed by atoms with E-state index < -0.39 is 34.0 Å². The molecule has 2 aromatic rings. The molecule has 0 bridgehead atoms. The third-order valence-corrected chi connectivity index (χ3v) is 3.70. The molecule has 1 aromatic heterocycles. The van der Waals surface area contributed by atoms with Crippen LogP contribution in [0.25, 0.3) is 10.1 Å². The highest BCUT2D eigenvalue weighted by molar-refractivity contribution is 7.16. The molecule has 0 fully saturated rings. The van der Waals surface area contributed by atoms with Crippen molar-refractivity contribution in [2.24, 2.45) is 0 Å². The lowest BCUT2D eigenvalue weighted by Crippen LogP contribution is -2.39. The van der Waals surface area contributed by atoms with Crippen LogP contribution >= 0.6 is 11.3 Å². The van der Waals surface area contributed by atoms with E-state index in [0.29, 0.717) is 10.1 Å². The Labute approximate surface area is 117 Å². The molecule has 6 nitrogen and oxygen atoms in total. The number of carbonyl (C=O) groups excluding carboxylic acids is 1. The molecule has 0 saturated carbocycles. The Morgan fingerprint density at radius 2 is 1.95 bits per heavy atom. The zero-order valence-corrected chi connectivity index (χ0v) is 11.2. The lowest BCUT2D eigenvalue weighted by atomic mass is 10.1. The van der Waals surface area contributed by atoms with E-state index in [4.69, 9.17) is 5.11 Å². The summed E-state index contributed by atoms with van der Waals surface area (Å²) in [6, 6.07) is 5.46. The molecular formula is C13H11NO5S. The molecule has 20 heavy (non-hydrogen) atoms. The van der Waals surface area contributed by atoms with Crippen LogP contribution in [-0.4, -0.2) is 28.1 Å². The maximum Gasteiger partial charge on any atom is 0.325 e. The molecule has 1 unspecified atom stereocenters. The van der Waals surface area contributed by atoms with Crippen LogP contribution in [0.3, 0.4) is 0 Å². The molecule has 0 aliphatic rings. The van der Waals surface area contributed by atoms with Crippen molar-refractivity contribution in [3.05, 3.63) is 39.4 Å². The van der Waals surface area contributed by atoms with Crippen molar-refractivity contribution in [2.75, 3.05) is 0 Å². The summed E-state index contributed by atoms with van der Waals surface area (Å²) in [6.45, 7) is 1.27. The largest absolute Gasteiger partial charge is 0.506 e. The molecule has 0 aliphatic heterocycles. The first-order chi connectivity index (χ1) is 9.41. The van der Waals surface area contributed by atoms with Crippen molar-refractivity contribution >= 4 is 33.3 Å². The highest BCUT2D eigenvalue weighted by Crippen LogP contribution is 2.28. The van der Waals surface area contributed by atoms with Crippen molar-refractivity contribution < 1.29 is 19.8 Å². The molecule has 0 aliphatic carbocycles. The third-order valence-electron chi connectivity index (χ3n) is 2.73. The molecule has 104 valence electrons. The van der Waals surface area contributed by atoms with E-state index >= 15 is 0 Å². The first-order valence-electron chi connectivity index (χ1n) is 5.70. The van der Waals surface area contributed by atoms with Gasteiger partial charge < -0.3 is 15.5 Å². The fourth-order valence-electron chi connectivity index (χ4n) is 1.66.